The number of carbonyl (C=O) groups is 1. The lowest BCUT2D eigenvalue weighted by molar-refractivity contribution is 0.0953. The molecule has 0 aliphatic carbocycles. The highest BCUT2D eigenvalue weighted by Gasteiger charge is 2.03. The first kappa shape index (κ1) is 13.0. The van der Waals surface area contributed by atoms with Gasteiger partial charge < -0.3 is 5.32 Å². The Kier molecular flexibility index (Phi) is 5.94. The van der Waals surface area contributed by atoms with E-state index in [1.54, 1.807) is 0 Å². The van der Waals surface area contributed by atoms with E-state index in [2.05, 4.69) is 33.8 Å². The molecule has 1 aromatic rings. The van der Waals surface area contributed by atoms with Gasteiger partial charge in [0, 0.05) is 22.1 Å². The number of hydrogen-bond donors (Lipinski definition) is 1. The molecule has 1 rings (SSSR count). The van der Waals surface area contributed by atoms with Crippen LogP contribution in [0.1, 0.15) is 29.6 Å². The molecule has 2 nitrogen and oxygen atoms in total. The third kappa shape index (κ3) is 4.67. The van der Waals surface area contributed by atoms with Crippen LogP contribution in [0.2, 0.25) is 0 Å². The standard InChI is InChI=1S/C13H14INO/c1-2-3-4-5-10-15-13(16)11-6-8-12(14)9-7-11/h1,6-9H,3-5,10H2,(H,15,16). The van der Waals surface area contributed by atoms with Crippen molar-refractivity contribution in [2.45, 2.75) is 19.3 Å². The minimum absolute atomic E-state index is 0.0166. The molecule has 0 aliphatic heterocycles. The van der Waals surface area contributed by atoms with Crippen LogP contribution in [0.15, 0.2) is 24.3 Å². The third-order valence-corrected chi connectivity index (χ3v) is 2.86. The van der Waals surface area contributed by atoms with Gasteiger partial charge in [-0.25, -0.2) is 0 Å². The Balaban J connectivity index is 2.30. The number of halogens is 1. The number of unbranched alkanes of at least 4 members (excludes halogenated alkanes) is 2. The second-order valence-corrected chi connectivity index (χ2v) is 4.67. The molecule has 0 unspecified atom stereocenters. The van der Waals surface area contributed by atoms with Crippen molar-refractivity contribution in [1.82, 2.24) is 5.32 Å². The summed E-state index contributed by atoms with van der Waals surface area (Å²) in [6.45, 7) is 0.687. The predicted molar refractivity (Wildman–Crippen MR) is 74.2 cm³/mol. The Labute approximate surface area is 110 Å². The Bertz CT molecular complexity index is 378. The summed E-state index contributed by atoms with van der Waals surface area (Å²) in [4.78, 5) is 11.6. The van der Waals surface area contributed by atoms with E-state index in [0.29, 0.717) is 12.1 Å². The molecule has 0 fully saturated rings. The first-order chi connectivity index (χ1) is 7.74. The van der Waals surface area contributed by atoms with Gasteiger partial charge in [0.15, 0.2) is 0 Å². The van der Waals surface area contributed by atoms with Crippen molar-refractivity contribution < 1.29 is 4.79 Å². The minimum atomic E-state index is -0.0166. The zero-order valence-electron chi connectivity index (χ0n) is 9.00. The monoisotopic (exact) mass is 327 g/mol. The molecule has 1 amide bonds. The lowest BCUT2D eigenvalue weighted by atomic mass is 10.2. The van der Waals surface area contributed by atoms with E-state index < -0.39 is 0 Å². The normalized spacial score (nSPS) is 9.50. The second-order valence-electron chi connectivity index (χ2n) is 3.42. The molecule has 0 bridgehead atoms. The Morgan fingerprint density at radius 3 is 2.62 bits per heavy atom. The van der Waals surface area contributed by atoms with E-state index in [9.17, 15) is 4.79 Å². The first-order valence-corrected chi connectivity index (χ1v) is 6.29. The Hall–Kier alpha value is -1.02. The van der Waals surface area contributed by atoms with Crippen molar-refractivity contribution in [2.24, 2.45) is 0 Å². The maximum absolute atomic E-state index is 11.6. The highest BCUT2D eigenvalue weighted by molar-refractivity contribution is 14.1. The van der Waals surface area contributed by atoms with Crippen LogP contribution in [-0.2, 0) is 0 Å². The minimum Gasteiger partial charge on any atom is -0.352 e. The summed E-state index contributed by atoms with van der Waals surface area (Å²) in [5.74, 6) is 2.56. The molecule has 3 heteroatoms. The topological polar surface area (TPSA) is 29.1 Å². The molecule has 0 saturated carbocycles. The molecule has 0 atom stereocenters. The molecule has 0 heterocycles. The zero-order valence-corrected chi connectivity index (χ0v) is 11.2. The largest absolute Gasteiger partial charge is 0.352 e. The lowest BCUT2D eigenvalue weighted by Gasteiger charge is -2.04. The molecule has 0 radical (unpaired) electrons. The average molecular weight is 327 g/mol. The maximum atomic E-state index is 11.6. The zero-order chi connectivity index (χ0) is 11.8. The Morgan fingerprint density at radius 1 is 1.31 bits per heavy atom. The first-order valence-electron chi connectivity index (χ1n) is 5.21. The van der Waals surface area contributed by atoms with E-state index in [4.69, 9.17) is 6.42 Å². The van der Waals surface area contributed by atoms with Crippen LogP contribution in [0, 0.1) is 15.9 Å². The molecule has 0 aliphatic rings. The summed E-state index contributed by atoms with van der Waals surface area (Å²) in [6.07, 6.45) is 7.81. The molecule has 16 heavy (non-hydrogen) atoms. The summed E-state index contributed by atoms with van der Waals surface area (Å²) in [5, 5.41) is 2.87. The summed E-state index contributed by atoms with van der Waals surface area (Å²) in [5.41, 5.74) is 0.706. The van der Waals surface area contributed by atoms with Gasteiger partial charge in [0.25, 0.3) is 5.91 Å². The number of hydrogen-bond acceptors (Lipinski definition) is 1. The molecule has 1 N–H and O–H groups in total. The fourth-order valence-corrected chi connectivity index (χ4v) is 1.62. The van der Waals surface area contributed by atoms with Gasteiger partial charge in [-0.3, -0.25) is 4.79 Å². The fourth-order valence-electron chi connectivity index (χ4n) is 1.26. The average Bonchev–Trinajstić information content (AvgIpc) is 2.29. The van der Waals surface area contributed by atoms with Crippen LogP contribution in [-0.4, -0.2) is 12.5 Å². The van der Waals surface area contributed by atoms with Gasteiger partial charge in [-0.15, -0.1) is 12.3 Å². The summed E-state index contributed by atoms with van der Waals surface area (Å²) in [6, 6.07) is 7.51. The summed E-state index contributed by atoms with van der Waals surface area (Å²) >= 11 is 2.21. The second kappa shape index (κ2) is 7.29. The number of amides is 1. The van der Waals surface area contributed by atoms with Crippen molar-refractivity contribution in [3.8, 4) is 12.3 Å². The molecule has 1 aromatic carbocycles. The molecule has 0 aromatic heterocycles. The van der Waals surface area contributed by atoms with Crippen molar-refractivity contribution in [1.29, 1.82) is 0 Å². The smallest absolute Gasteiger partial charge is 0.251 e. The SMILES string of the molecule is C#CCCCCNC(=O)c1ccc(I)cc1. The molecular formula is C13H14INO. The van der Waals surface area contributed by atoms with E-state index in [0.717, 1.165) is 22.8 Å². The van der Waals surface area contributed by atoms with Crippen LogP contribution in [0.5, 0.6) is 0 Å². The van der Waals surface area contributed by atoms with Gasteiger partial charge in [0.1, 0.15) is 0 Å². The number of carbonyl (C=O) groups excluding carboxylic acids is 1. The fraction of sp³-hybridized carbons (Fsp3) is 0.308. The molecule has 84 valence electrons. The predicted octanol–water partition coefficient (Wildman–Crippen LogP) is 2.82. The quantitative estimate of drug-likeness (QED) is 0.503. The number of rotatable bonds is 5. The van der Waals surface area contributed by atoms with Gasteiger partial charge >= 0.3 is 0 Å². The van der Waals surface area contributed by atoms with Crippen molar-refractivity contribution >= 4 is 28.5 Å². The van der Waals surface area contributed by atoms with Crippen LogP contribution >= 0.6 is 22.6 Å². The van der Waals surface area contributed by atoms with E-state index in [1.807, 2.05) is 24.3 Å². The third-order valence-electron chi connectivity index (χ3n) is 2.14. The van der Waals surface area contributed by atoms with Crippen molar-refractivity contribution in [2.75, 3.05) is 6.54 Å². The molecular weight excluding hydrogens is 313 g/mol. The maximum Gasteiger partial charge on any atom is 0.251 e. The highest BCUT2D eigenvalue weighted by Crippen LogP contribution is 2.06. The van der Waals surface area contributed by atoms with Gasteiger partial charge in [-0.2, -0.15) is 0 Å². The summed E-state index contributed by atoms with van der Waals surface area (Å²) in [7, 11) is 0. The van der Waals surface area contributed by atoms with E-state index in [-0.39, 0.29) is 5.91 Å². The van der Waals surface area contributed by atoms with Crippen LogP contribution in [0.4, 0.5) is 0 Å². The summed E-state index contributed by atoms with van der Waals surface area (Å²) < 4.78 is 1.13. The lowest BCUT2D eigenvalue weighted by Crippen LogP contribution is -2.24. The highest BCUT2D eigenvalue weighted by atomic mass is 127. The van der Waals surface area contributed by atoms with Crippen molar-refractivity contribution in [3.05, 3.63) is 33.4 Å². The molecule has 0 spiro atoms. The van der Waals surface area contributed by atoms with Gasteiger partial charge in [0.2, 0.25) is 0 Å². The van der Waals surface area contributed by atoms with Gasteiger partial charge in [-0.1, -0.05) is 0 Å². The van der Waals surface area contributed by atoms with E-state index >= 15 is 0 Å². The van der Waals surface area contributed by atoms with Crippen molar-refractivity contribution in [3.63, 3.8) is 0 Å². The number of terminal acetylenes is 1. The van der Waals surface area contributed by atoms with Crippen LogP contribution in [0.3, 0.4) is 0 Å². The Morgan fingerprint density at radius 2 is 2.00 bits per heavy atom. The van der Waals surface area contributed by atoms with E-state index in [1.165, 1.54) is 0 Å². The number of nitrogens with one attached hydrogen (secondary N) is 1. The van der Waals surface area contributed by atoms with Crippen LogP contribution in [0.25, 0.3) is 0 Å². The van der Waals surface area contributed by atoms with Gasteiger partial charge in [0.05, 0.1) is 0 Å². The number of benzene rings is 1. The van der Waals surface area contributed by atoms with Gasteiger partial charge in [-0.05, 0) is 59.7 Å². The molecule has 0 saturated heterocycles. The van der Waals surface area contributed by atoms with Crippen LogP contribution < -0.4 is 5.32 Å².